The number of benzene rings is 1. The number of nitrogens with one attached hydrogen (secondary N) is 1. The van der Waals surface area contributed by atoms with Crippen molar-refractivity contribution in [1.82, 2.24) is 20.2 Å². The Morgan fingerprint density at radius 1 is 1.29 bits per heavy atom. The third-order valence-corrected chi connectivity index (χ3v) is 6.65. The molecule has 0 aliphatic carbocycles. The number of likely N-dealkylation sites (tertiary alicyclic amines) is 1. The monoisotopic (exact) mass is 496 g/mol. The Balaban J connectivity index is 1.53. The molecule has 4 heterocycles. The molecule has 1 fully saturated rings. The zero-order valence-electron chi connectivity index (χ0n) is 19.1. The number of nitrogen functional groups attached to an aromatic ring is 1. The number of aromatic nitrogens is 2. The summed E-state index contributed by atoms with van der Waals surface area (Å²) in [6.45, 7) is 3.88. The van der Waals surface area contributed by atoms with Crippen molar-refractivity contribution < 1.29 is 23.9 Å². The summed E-state index contributed by atoms with van der Waals surface area (Å²) in [7, 11) is 0. The maximum atomic E-state index is 12.4. The molecule has 0 bridgehead atoms. The number of nitrogens with zero attached hydrogens (tertiary/aromatic N) is 4. The summed E-state index contributed by atoms with van der Waals surface area (Å²) in [4.78, 5) is 41.6. The minimum absolute atomic E-state index is 0.0490. The third-order valence-electron chi connectivity index (χ3n) is 5.62. The normalized spacial score (nSPS) is 15.2. The van der Waals surface area contributed by atoms with Crippen LogP contribution in [0.5, 0.6) is 11.5 Å². The first-order valence-electron chi connectivity index (χ1n) is 11.3. The summed E-state index contributed by atoms with van der Waals surface area (Å²) >= 11 is 1.22. The van der Waals surface area contributed by atoms with Crippen LogP contribution < -0.4 is 20.5 Å². The lowest BCUT2D eigenvalue weighted by atomic mass is 10.0. The average molecular weight is 497 g/mol. The number of rotatable bonds is 8. The molecule has 2 amide bonds. The molecule has 1 saturated heterocycles. The Morgan fingerprint density at radius 3 is 2.94 bits per heavy atom. The van der Waals surface area contributed by atoms with Crippen molar-refractivity contribution in [1.29, 1.82) is 0 Å². The van der Waals surface area contributed by atoms with Gasteiger partial charge in [-0.25, -0.2) is 9.97 Å². The molecular formula is C23H24N6O5S. The van der Waals surface area contributed by atoms with Crippen molar-refractivity contribution >= 4 is 45.0 Å². The van der Waals surface area contributed by atoms with Crippen LogP contribution in [0.4, 0.5) is 5.95 Å². The number of anilines is 1. The van der Waals surface area contributed by atoms with Gasteiger partial charge in [0.1, 0.15) is 22.8 Å². The zero-order valence-corrected chi connectivity index (χ0v) is 19.9. The fourth-order valence-electron chi connectivity index (χ4n) is 3.96. The number of amides is 2. The minimum Gasteiger partial charge on any atom is -0.454 e. The minimum atomic E-state index is -0.201. The van der Waals surface area contributed by atoms with E-state index < -0.39 is 0 Å². The van der Waals surface area contributed by atoms with Crippen LogP contribution in [-0.2, 0) is 9.63 Å². The lowest BCUT2D eigenvalue weighted by Crippen LogP contribution is -2.28. The molecule has 0 unspecified atom stereocenters. The van der Waals surface area contributed by atoms with Gasteiger partial charge in [-0.05, 0) is 37.6 Å². The van der Waals surface area contributed by atoms with Crippen molar-refractivity contribution in [3.05, 3.63) is 40.4 Å². The molecule has 0 radical (unpaired) electrons. The number of nitrogens with two attached hydrogens (primary N) is 1. The predicted molar refractivity (Wildman–Crippen MR) is 130 cm³/mol. The highest BCUT2D eigenvalue weighted by molar-refractivity contribution is 7.20. The number of hydrogen-bond donors (Lipinski definition) is 2. The van der Waals surface area contributed by atoms with Crippen LogP contribution in [0.25, 0.3) is 10.2 Å². The number of hydrogen-bond acceptors (Lipinski definition) is 10. The number of ether oxygens (including phenoxy) is 2. The summed E-state index contributed by atoms with van der Waals surface area (Å²) < 4.78 is 11.0. The summed E-state index contributed by atoms with van der Waals surface area (Å²) in [6.07, 6.45) is 1.42. The van der Waals surface area contributed by atoms with Gasteiger partial charge in [-0.15, -0.1) is 11.3 Å². The van der Waals surface area contributed by atoms with Crippen LogP contribution in [0.15, 0.2) is 29.4 Å². The van der Waals surface area contributed by atoms with E-state index in [0.29, 0.717) is 63.1 Å². The molecule has 0 atom stereocenters. The third kappa shape index (κ3) is 4.69. The van der Waals surface area contributed by atoms with E-state index in [-0.39, 0.29) is 31.2 Å². The SMILES string of the molecule is CCNC(=O)c1cc2c(C(=NOCCN3CCCC3=O)c3ccc4c(c3)OCO4)nc(N)nc2s1. The van der Waals surface area contributed by atoms with E-state index in [2.05, 4.69) is 20.4 Å². The van der Waals surface area contributed by atoms with Gasteiger partial charge in [0.2, 0.25) is 18.6 Å². The molecular weight excluding hydrogens is 472 g/mol. The number of thiophene rings is 1. The van der Waals surface area contributed by atoms with Gasteiger partial charge in [0.05, 0.1) is 11.4 Å². The van der Waals surface area contributed by atoms with E-state index in [0.717, 1.165) is 13.0 Å². The first-order chi connectivity index (χ1) is 17.0. The predicted octanol–water partition coefficient (Wildman–Crippen LogP) is 2.14. The Kier molecular flexibility index (Phi) is 6.36. The topological polar surface area (TPSA) is 141 Å². The average Bonchev–Trinajstić information content (AvgIpc) is 3.58. The first kappa shape index (κ1) is 22.8. The summed E-state index contributed by atoms with van der Waals surface area (Å²) in [5.74, 6) is 1.17. The molecule has 3 N–H and O–H groups in total. The Hall–Kier alpha value is -3.93. The lowest BCUT2D eigenvalue weighted by Gasteiger charge is -2.14. The van der Waals surface area contributed by atoms with Crippen LogP contribution in [0, 0.1) is 0 Å². The van der Waals surface area contributed by atoms with Crippen LogP contribution in [0.3, 0.4) is 0 Å². The fourth-order valence-corrected chi connectivity index (χ4v) is 4.91. The number of carbonyl (C=O) groups is 2. The summed E-state index contributed by atoms with van der Waals surface area (Å²) in [5, 5.41) is 7.82. The van der Waals surface area contributed by atoms with Crippen LogP contribution in [-0.4, -0.2) is 65.4 Å². The standard InChI is InChI=1S/C23H24N6O5S/c1-2-25-21(31)17-11-14-20(26-23(24)27-22(14)35-17)19(13-5-6-15-16(10-13)33-12-32-15)28-34-9-8-29-7-3-4-18(29)30/h5-6,10-11H,2-4,7-9,12H2,1H3,(H,25,31)(H2,24,26,27). The molecule has 0 saturated carbocycles. The quantitative estimate of drug-likeness (QED) is 0.275. The van der Waals surface area contributed by atoms with Crippen molar-refractivity contribution in [2.75, 3.05) is 38.8 Å². The van der Waals surface area contributed by atoms with Gasteiger partial charge in [0.25, 0.3) is 5.91 Å². The molecule has 182 valence electrons. The van der Waals surface area contributed by atoms with Crippen LogP contribution in [0.1, 0.15) is 40.7 Å². The Bertz CT molecular complexity index is 1320. The van der Waals surface area contributed by atoms with Crippen molar-refractivity contribution in [3.63, 3.8) is 0 Å². The maximum Gasteiger partial charge on any atom is 0.261 e. The Morgan fingerprint density at radius 2 is 2.14 bits per heavy atom. The smallest absolute Gasteiger partial charge is 0.261 e. The maximum absolute atomic E-state index is 12.4. The molecule has 35 heavy (non-hydrogen) atoms. The highest BCUT2D eigenvalue weighted by atomic mass is 32.1. The van der Waals surface area contributed by atoms with E-state index in [1.165, 1.54) is 11.3 Å². The first-order valence-corrected chi connectivity index (χ1v) is 12.1. The van der Waals surface area contributed by atoms with Gasteiger partial charge in [-0.2, -0.15) is 0 Å². The van der Waals surface area contributed by atoms with Gasteiger partial charge in [0.15, 0.2) is 11.5 Å². The van der Waals surface area contributed by atoms with E-state index in [1.54, 1.807) is 23.1 Å². The Labute approximate surface area is 204 Å². The molecule has 0 spiro atoms. The lowest BCUT2D eigenvalue weighted by molar-refractivity contribution is -0.128. The molecule has 5 rings (SSSR count). The van der Waals surface area contributed by atoms with E-state index in [9.17, 15) is 9.59 Å². The molecule has 1 aromatic carbocycles. The second kappa shape index (κ2) is 9.74. The highest BCUT2D eigenvalue weighted by Crippen LogP contribution is 2.34. The van der Waals surface area contributed by atoms with Crippen molar-refractivity contribution in [3.8, 4) is 11.5 Å². The zero-order chi connectivity index (χ0) is 24.4. The number of oxime groups is 1. The van der Waals surface area contributed by atoms with E-state index in [4.69, 9.17) is 20.0 Å². The van der Waals surface area contributed by atoms with Gasteiger partial charge >= 0.3 is 0 Å². The fraction of sp³-hybridized carbons (Fsp3) is 0.348. The van der Waals surface area contributed by atoms with E-state index >= 15 is 0 Å². The molecule has 2 aliphatic heterocycles. The van der Waals surface area contributed by atoms with Crippen molar-refractivity contribution in [2.45, 2.75) is 19.8 Å². The highest BCUT2D eigenvalue weighted by Gasteiger charge is 2.23. The van der Waals surface area contributed by atoms with Crippen LogP contribution in [0.2, 0.25) is 0 Å². The molecule has 3 aromatic rings. The second-order valence-corrected chi connectivity index (χ2v) is 8.98. The van der Waals surface area contributed by atoms with Crippen LogP contribution >= 0.6 is 11.3 Å². The van der Waals surface area contributed by atoms with E-state index in [1.807, 2.05) is 13.0 Å². The van der Waals surface area contributed by atoms with Gasteiger partial charge in [-0.3, -0.25) is 9.59 Å². The largest absolute Gasteiger partial charge is 0.454 e. The number of fused-ring (bicyclic) bond motifs is 2. The molecule has 11 nitrogen and oxygen atoms in total. The molecule has 2 aliphatic rings. The molecule has 2 aromatic heterocycles. The summed E-state index contributed by atoms with van der Waals surface area (Å²) in [6, 6.07) is 7.12. The summed E-state index contributed by atoms with van der Waals surface area (Å²) in [5.41, 5.74) is 7.52. The van der Waals surface area contributed by atoms with Gasteiger partial charge in [-0.1, -0.05) is 5.16 Å². The number of carbonyl (C=O) groups excluding carboxylic acids is 2. The van der Waals surface area contributed by atoms with Crippen molar-refractivity contribution in [2.24, 2.45) is 5.16 Å². The van der Waals surface area contributed by atoms with Gasteiger partial charge in [0, 0.05) is 30.5 Å². The molecule has 12 heteroatoms. The van der Waals surface area contributed by atoms with Gasteiger partial charge < -0.3 is 30.3 Å². The second-order valence-electron chi connectivity index (χ2n) is 7.94.